The minimum Gasteiger partial charge on any atom is -0.493 e. The number of ether oxygens (including phenoxy) is 2. The molecule has 2 fully saturated rings. The number of rotatable bonds is 7. The number of non-ortho nitro benzene ring substituents is 2. The van der Waals surface area contributed by atoms with E-state index in [1.165, 1.54) is 5.56 Å². The summed E-state index contributed by atoms with van der Waals surface area (Å²) in [6, 6.07) is 8.60. The number of nitrogens with one attached hydrogen (secondary N) is 2. The number of hydrogen-bond acceptors (Lipinski definition) is 8. The van der Waals surface area contributed by atoms with E-state index in [1.54, 1.807) is 14.2 Å². The fraction of sp³-hybridized carbons (Fsp3) is 0.458. The molecule has 3 atom stereocenters. The van der Waals surface area contributed by atoms with E-state index in [1.807, 2.05) is 12.1 Å². The smallest absolute Gasteiger partial charge is 0.319 e. The first-order valence-corrected chi connectivity index (χ1v) is 11.6. The number of carbonyl (C=O) groups excluding carboxylic acids is 1. The lowest BCUT2D eigenvalue weighted by atomic mass is 9.65. The summed E-state index contributed by atoms with van der Waals surface area (Å²) in [4.78, 5) is 35.8. The molecule has 2 aromatic rings. The van der Waals surface area contributed by atoms with Crippen LogP contribution in [0.4, 0.5) is 21.9 Å². The van der Waals surface area contributed by atoms with Crippen LogP contribution in [0.5, 0.6) is 11.5 Å². The Hall–Kier alpha value is -3.93. The zero-order chi connectivity index (χ0) is 26.0. The summed E-state index contributed by atoms with van der Waals surface area (Å²) in [5.41, 5.74) is 0.154. The van der Waals surface area contributed by atoms with Crippen LogP contribution in [-0.4, -0.2) is 60.7 Å². The second-order valence-corrected chi connectivity index (χ2v) is 9.29. The van der Waals surface area contributed by atoms with Gasteiger partial charge in [-0.2, -0.15) is 0 Å². The monoisotopic (exact) mass is 499 g/mol. The predicted octanol–water partition coefficient (Wildman–Crippen LogP) is 3.84. The van der Waals surface area contributed by atoms with Crippen LogP contribution in [0, 0.1) is 20.2 Å². The van der Waals surface area contributed by atoms with E-state index in [0.717, 1.165) is 44.0 Å². The Kier molecular flexibility index (Phi) is 6.97. The Balaban J connectivity index is 1.49. The van der Waals surface area contributed by atoms with Crippen LogP contribution in [0.3, 0.4) is 0 Å². The van der Waals surface area contributed by atoms with Crippen LogP contribution < -0.4 is 20.1 Å². The molecule has 0 aromatic heterocycles. The van der Waals surface area contributed by atoms with Crippen LogP contribution in [0.2, 0.25) is 0 Å². The quantitative estimate of drug-likeness (QED) is 0.431. The molecule has 2 aromatic carbocycles. The maximum Gasteiger partial charge on any atom is 0.319 e. The first-order chi connectivity index (χ1) is 17.2. The first kappa shape index (κ1) is 25.2. The summed E-state index contributed by atoms with van der Waals surface area (Å²) in [6.07, 6.45) is 3.29. The van der Waals surface area contributed by atoms with E-state index in [2.05, 4.69) is 28.6 Å². The molecule has 0 radical (unpaired) electrons. The van der Waals surface area contributed by atoms with Gasteiger partial charge in [0, 0.05) is 29.6 Å². The summed E-state index contributed by atoms with van der Waals surface area (Å²) in [7, 11) is 5.31. The molecule has 3 unspecified atom stereocenters. The lowest BCUT2D eigenvalue weighted by Gasteiger charge is -2.45. The fourth-order valence-electron chi connectivity index (χ4n) is 5.63. The number of likely N-dealkylation sites (tertiary alicyclic amines) is 1. The molecule has 1 saturated carbocycles. The topological polar surface area (TPSA) is 149 Å². The fourth-order valence-corrected chi connectivity index (χ4v) is 5.63. The molecule has 1 saturated heterocycles. The molecule has 1 aliphatic carbocycles. The molecule has 2 amide bonds. The normalized spacial score (nSPS) is 23.4. The van der Waals surface area contributed by atoms with Crippen molar-refractivity contribution in [1.29, 1.82) is 0 Å². The molecule has 12 nitrogen and oxygen atoms in total. The van der Waals surface area contributed by atoms with Gasteiger partial charge in [-0.1, -0.05) is 6.07 Å². The number of amides is 2. The Bertz CT molecular complexity index is 1160. The van der Waals surface area contributed by atoms with Gasteiger partial charge in [0.1, 0.15) is 0 Å². The Labute approximate surface area is 207 Å². The van der Waals surface area contributed by atoms with Gasteiger partial charge in [0.25, 0.3) is 11.4 Å². The van der Waals surface area contributed by atoms with Crippen molar-refractivity contribution < 1.29 is 24.1 Å². The molecule has 0 bridgehead atoms. The molecule has 36 heavy (non-hydrogen) atoms. The largest absolute Gasteiger partial charge is 0.493 e. The van der Waals surface area contributed by atoms with Crippen LogP contribution in [0.15, 0.2) is 36.4 Å². The van der Waals surface area contributed by atoms with E-state index in [9.17, 15) is 25.0 Å². The predicted molar refractivity (Wildman–Crippen MR) is 132 cm³/mol. The summed E-state index contributed by atoms with van der Waals surface area (Å²) in [5.74, 6) is 1.36. The maximum absolute atomic E-state index is 12.7. The molecule has 1 heterocycles. The molecule has 2 aliphatic rings. The summed E-state index contributed by atoms with van der Waals surface area (Å²) >= 11 is 0. The maximum atomic E-state index is 12.7. The number of carbonyl (C=O) groups is 1. The third-order valence-corrected chi connectivity index (χ3v) is 7.40. The Morgan fingerprint density at radius 1 is 1.03 bits per heavy atom. The van der Waals surface area contributed by atoms with Gasteiger partial charge >= 0.3 is 6.03 Å². The second-order valence-electron chi connectivity index (χ2n) is 9.29. The van der Waals surface area contributed by atoms with Crippen LogP contribution in [0.1, 0.15) is 31.2 Å². The number of hydrogen-bond donors (Lipinski definition) is 2. The average molecular weight is 500 g/mol. The first-order valence-electron chi connectivity index (χ1n) is 11.6. The number of nitrogens with zero attached hydrogens (tertiary/aromatic N) is 3. The molecule has 192 valence electrons. The summed E-state index contributed by atoms with van der Waals surface area (Å²) < 4.78 is 10.9. The van der Waals surface area contributed by atoms with Gasteiger partial charge < -0.3 is 25.0 Å². The van der Waals surface area contributed by atoms with Crippen LogP contribution >= 0.6 is 0 Å². The lowest BCUT2D eigenvalue weighted by Crippen LogP contribution is -2.52. The number of methoxy groups -OCH3 is 2. The molecule has 2 N–H and O–H groups in total. The van der Waals surface area contributed by atoms with Crippen molar-refractivity contribution in [3.63, 3.8) is 0 Å². The molecular formula is C24H29N5O7. The van der Waals surface area contributed by atoms with Crippen molar-refractivity contribution in [2.24, 2.45) is 0 Å². The number of fused-ring (bicyclic) bond motifs is 1. The van der Waals surface area contributed by atoms with Gasteiger partial charge in [-0.3, -0.25) is 20.2 Å². The Morgan fingerprint density at radius 3 is 2.31 bits per heavy atom. The van der Waals surface area contributed by atoms with Gasteiger partial charge in [-0.15, -0.1) is 0 Å². The van der Waals surface area contributed by atoms with Crippen molar-refractivity contribution in [2.75, 3.05) is 33.1 Å². The van der Waals surface area contributed by atoms with Gasteiger partial charge in [0.05, 0.1) is 35.8 Å². The molecule has 12 heteroatoms. The zero-order valence-corrected chi connectivity index (χ0v) is 20.4. The van der Waals surface area contributed by atoms with Gasteiger partial charge in [-0.05, 0) is 57.0 Å². The highest BCUT2D eigenvalue weighted by Gasteiger charge is 2.50. The van der Waals surface area contributed by atoms with Crippen molar-refractivity contribution in [3.8, 4) is 11.5 Å². The van der Waals surface area contributed by atoms with Crippen LogP contribution in [0.25, 0.3) is 0 Å². The second kappa shape index (κ2) is 9.97. The van der Waals surface area contributed by atoms with E-state index >= 15 is 0 Å². The van der Waals surface area contributed by atoms with E-state index < -0.39 is 27.3 Å². The number of nitro benzene ring substituents is 2. The van der Waals surface area contributed by atoms with Crippen molar-refractivity contribution in [1.82, 2.24) is 10.2 Å². The highest BCUT2D eigenvalue weighted by Crippen LogP contribution is 2.49. The highest BCUT2D eigenvalue weighted by molar-refractivity contribution is 5.90. The summed E-state index contributed by atoms with van der Waals surface area (Å²) in [5, 5.41) is 27.7. The minimum absolute atomic E-state index is 0.0122. The number of benzene rings is 2. The third-order valence-electron chi connectivity index (χ3n) is 7.40. The van der Waals surface area contributed by atoms with Gasteiger partial charge in [-0.25, -0.2) is 4.79 Å². The van der Waals surface area contributed by atoms with Crippen molar-refractivity contribution >= 4 is 23.1 Å². The molecule has 1 aliphatic heterocycles. The van der Waals surface area contributed by atoms with Gasteiger partial charge in [0.2, 0.25) is 0 Å². The average Bonchev–Trinajstić information content (AvgIpc) is 3.20. The van der Waals surface area contributed by atoms with Gasteiger partial charge in [0.15, 0.2) is 11.5 Å². The summed E-state index contributed by atoms with van der Waals surface area (Å²) in [6.45, 7) is 0.926. The van der Waals surface area contributed by atoms with E-state index in [4.69, 9.17) is 9.47 Å². The SMILES string of the molecule is COc1ccc(C23CCC(NC(=O)Nc4cc([N+](=O)[O-])cc([N+](=O)[O-])c4)CC2N(C)CC3)cc1OC. The number of likely N-dealkylation sites (N-methyl/N-ethyl adjacent to an activating group) is 1. The van der Waals surface area contributed by atoms with E-state index in [-0.39, 0.29) is 23.2 Å². The minimum atomic E-state index is -0.735. The standard InChI is InChI=1S/C24H29N5O7/c1-27-9-8-24(15-4-5-20(35-2)21(10-15)36-3)7-6-16(13-22(24)27)25-23(30)26-17-11-18(28(31)32)14-19(12-17)29(33)34/h4-5,10-12,14,16,22H,6-9,13H2,1-3H3,(H2,25,26,30). The molecule has 4 rings (SSSR count). The third kappa shape index (κ3) is 4.76. The molecular weight excluding hydrogens is 470 g/mol. The van der Waals surface area contributed by atoms with E-state index in [0.29, 0.717) is 17.9 Å². The van der Waals surface area contributed by atoms with Crippen molar-refractivity contribution in [3.05, 3.63) is 62.2 Å². The lowest BCUT2D eigenvalue weighted by molar-refractivity contribution is -0.394. The zero-order valence-electron chi connectivity index (χ0n) is 20.4. The number of urea groups is 1. The van der Waals surface area contributed by atoms with Crippen molar-refractivity contribution in [2.45, 2.75) is 43.2 Å². The molecule has 0 spiro atoms. The Morgan fingerprint density at radius 2 is 1.69 bits per heavy atom. The highest BCUT2D eigenvalue weighted by atomic mass is 16.6. The number of anilines is 1. The number of nitro groups is 2. The van der Waals surface area contributed by atoms with Crippen LogP contribution in [-0.2, 0) is 5.41 Å².